The number of amides is 1. The molecule has 1 aromatic heterocycles. The smallest absolute Gasteiger partial charge is 0.223 e. The fraction of sp³-hybridized carbons (Fsp3) is 0.500. The minimum Gasteiger partial charge on any atom is -0.361 e. The highest BCUT2D eigenvalue weighted by molar-refractivity contribution is 5.86. The van der Waals surface area contributed by atoms with Gasteiger partial charge in [0.1, 0.15) is 5.84 Å². The average molecular weight is 406 g/mol. The Morgan fingerprint density at radius 2 is 1.97 bits per heavy atom. The van der Waals surface area contributed by atoms with E-state index in [4.69, 9.17) is 4.99 Å². The summed E-state index contributed by atoms with van der Waals surface area (Å²) in [5.74, 6) is 1.44. The lowest BCUT2D eigenvalue weighted by Gasteiger charge is -2.52. The van der Waals surface area contributed by atoms with E-state index in [9.17, 15) is 4.79 Å². The van der Waals surface area contributed by atoms with E-state index >= 15 is 0 Å². The maximum absolute atomic E-state index is 13.1. The molecule has 6 heteroatoms. The third-order valence-corrected chi connectivity index (χ3v) is 7.12. The summed E-state index contributed by atoms with van der Waals surface area (Å²) in [6, 6.07) is 8.37. The third-order valence-electron chi connectivity index (χ3n) is 7.12. The van der Waals surface area contributed by atoms with Crippen molar-refractivity contribution in [3.63, 3.8) is 0 Å². The number of carbonyl (C=O) groups is 1. The van der Waals surface area contributed by atoms with Crippen molar-refractivity contribution in [2.45, 2.75) is 44.2 Å². The van der Waals surface area contributed by atoms with Crippen molar-refractivity contribution in [2.24, 2.45) is 4.99 Å². The first-order chi connectivity index (χ1) is 14.5. The molecule has 1 amide bonds. The first kappa shape index (κ1) is 19.4. The molecule has 0 atom stereocenters. The van der Waals surface area contributed by atoms with E-state index < -0.39 is 0 Å². The second-order valence-corrected chi connectivity index (χ2v) is 9.17. The molecule has 0 bridgehead atoms. The molecule has 5 rings (SSSR count). The largest absolute Gasteiger partial charge is 0.361 e. The van der Waals surface area contributed by atoms with E-state index in [0.29, 0.717) is 18.9 Å². The topological polar surface area (TPSA) is 54.9 Å². The number of aromatic nitrogens is 1. The van der Waals surface area contributed by atoms with Crippen LogP contribution in [-0.2, 0) is 11.3 Å². The van der Waals surface area contributed by atoms with Crippen molar-refractivity contribution in [1.82, 2.24) is 19.7 Å². The summed E-state index contributed by atoms with van der Waals surface area (Å²) in [4.78, 5) is 28.1. The van der Waals surface area contributed by atoms with E-state index in [1.54, 1.807) is 0 Å². The minimum absolute atomic E-state index is 0.0255. The van der Waals surface area contributed by atoms with E-state index in [1.807, 2.05) is 6.07 Å². The van der Waals surface area contributed by atoms with E-state index in [0.717, 1.165) is 68.9 Å². The highest BCUT2D eigenvalue weighted by Crippen LogP contribution is 2.39. The molecule has 3 aliphatic heterocycles. The van der Waals surface area contributed by atoms with Crippen LogP contribution < -0.4 is 0 Å². The SMILES string of the molecule is C=C1CN(C)CC(N2CCC3(CCCC(=O)N3Cc3c[nH]c4ccccc34)CC2)=N1. The lowest BCUT2D eigenvalue weighted by atomic mass is 9.78. The fourth-order valence-electron chi connectivity index (χ4n) is 5.53. The van der Waals surface area contributed by atoms with Gasteiger partial charge in [-0.3, -0.25) is 9.69 Å². The van der Waals surface area contributed by atoms with Gasteiger partial charge in [-0.1, -0.05) is 24.8 Å². The molecule has 30 heavy (non-hydrogen) atoms. The first-order valence-corrected chi connectivity index (χ1v) is 11.1. The van der Waals surface area contributed by atoms with Crippen molar-refractivity contribution in [3.05, 3.63) is 48.3 Å². The summed E-state index contributed by atoms with van der Waals surface area (Å²) < 4.78 is 0. The molecule has 0 radical (unpaired) electrons. The quantitative estimate of drug-likeness (QED) is 0.833. The van der Waals surface area contributed by atoms with E-state index in [2.05, 4.69) is 57.7 Å². The van der Waals surface area contributed by atoms with Gasteiger partial charge in [0.15, 0.2) is 0 Å². The molecule has 4 heterocycles. The van der Waals surface area contributed by atoms with Crippen LogP contribution >= 0.6 is 0 Å². The Morgan fingerprint density at radius 1 is 1.17 bits per heavy atom. The molecule has 3 aliphatic rings. The van der Waals surface area contributed by atoms with Gasteiger partial charge in [-0.2, -0.15) is 0 Å². The van der Waals surface area contributed by atoms with Crippen LogP contribution in [0.2, 0.25) is 0 Å². The van der Waals surface area contributed by atoms with Gasteiger partial charge in [0.25, 0.3) is 0 Å². The van der Waals surface area contributed by atoms with Gasteiger partial charge in [-0.25, -0.2) is 4.99 Å². The van der Waals surface area contributed by atoms with Gasteiger partial charge in [-0.15, -0.1) is 0 Å². The average Bonchev–Trinajstić information content (AvgIpc) is 3.14. The molecule has 2 fully saturated rings. The number of carbonyl (C=O) groups excluding carboxylic acids is 1. The predicted octanol–water partition coefficient (Wildman–Crippen LogP) is 3.37. The van der Waals surface area contributed by atoms with Crippen molar-refractivity contribution < 1.29 is 4.79 Å². The van der Waals surface area contributed by atoms with E-state index in [1.165, 1.54) is 10.9 Å². The van der Waals surface area contributed by atoms with Crippen molar-refractivity contribution in [2.75, 3.05) is 33.2 Å². The van der Waals surface area contributed by atoms with Crippen LogP contribution in [0, 0.1) is 0 Å². The third kappa shape index (κ3) is 3.43. The Labute approximate surface area is 178 Å². The maximum Gasteiger partial charge on any atom is 0.223 e. The molecule has 1 aromatic carbocycles. The first-order valence-electron chi connectivity index (χ1n) is 11.1. The standard InChI is InChI=1S/C24H31N5O/c1-18-15-27(2)17-22(26-18)28-12-10-24(11-13-28)9-5-8-23(30)29(24)16-19-14-25-21-7-4-3-6-20(19)21/h3-4,6-7,14,25H,1,5,8-13,15-17H2,2H3. The Kier molecular flexibility index (Phi) is 4.89. The number of nitrogens with one attached hydrogen (secondary N) is 1. The zero-order chi connectivity index (χ0) is 20.7. The van der Waals surface area contributed by atoms with Crippen LogP contribution in [0.5, 0.6) is 0 Å². The highest BCUT2D eigenvalue weighted by Gasteiger charge is 2.45. The van der Waals surface area contributed by atoms with Crippen LogP contribution in [0.15, 0.2) is 47.7 Å². The van der Waals surface area contributed by atoms with Gasteiger partial charge in [0.05, 0.1) is 6.54 Å². The number of likely N-dealkylation sites (N-methyl/N-ethyl adjacent to an activating group) is 1. The number of likely N-dealkylation sites (tertiary alicyclic amines) is 2. The molecular formula is C24H31N5O. The van der Waals surface area contributed by atoms with E-state index in [-0.39, 0.29) is 5.54 Å². The van der Waals surface area contributed by atoms with Crippen molar-refractivity contribution >= 4 is 22.6 Å². The van der Waals surface area contributed by atoms with Crippen LogP contribution in [0.4, 0.5) is 0 Å². The minimum atomic E-state index is -0.0255. The van der Waals surface area contributed by atoms with Crippen LogP contribution in [-0.4, -0.2) is 70.2 Å². The van der Waals surface area contributed by atoms with Crippen molar-refractivity contribution in [3.8, 4) is 0 Å². The molecule has 0 saturated carbocycles. The number of piperidine rings is 2. The number of rotatable bonds is 2. The number of nitrogens with zero attached hydrogens (tertiary/aromatic N) is 4. The van der Waals surface area contributed by atoms with Crippen LogP contribution in [0.1, 0.15) is 37.7 Å². The molecule has 0 unspecified atom stereocenters. The number of fused-ring (bicyclic) bond motifs is 1. The monoisotopic (exact) mass is 405 g/mol. The highest BCUT2D eigenvalue weighted by atomic mass is 16.2. The number of amidine groups is 1. The number of benzene rings is 1. The summed E-state index contributed by atoms with van der Waals surface area (Å²) in [6.07, 6.45) is 6.88. The Balaban J connectivity index is 1.36. The lowest BCUT2D eigenvalue weighted by Crippen LogP contribution is -2.60. The van der Waals surface area contributed by atoms with Crippen LogP contribution in [0.25, 0.3) is 10.9 Å². The normalized spacial score (nSPS) is 22.8. The Hall–Kier alpha value is -2.60. The summed E-state index contributed by atoms with van der Waals surface area (Å²) in [6.45, 7) is 8.40. The molecule has 1 N–H and O–H groups in total. The number of hydrogen-bond acceptors (Lipinski definition) is 4. The number of H-pyrrole nitrogens is 1. The van der Waals surface area contributed by atoms with Gasteiger partial charge in [-0.05, 0) is 44.4 Å². The number of hydrogen-bond donors (Lipinski definition) is 1. The van der Waals surface area contributed by atoms with Gasteiger partial charge in [0.2, 0.25) is 5.91 Å². The molecule has 6 nitrogen and oxygen atoms in total. The predicted molar refractivity (Wildman–Crippen MR) is 120 cm³/mol. The maximum atomic E-state index is 13.1. The molecule has 0 aliphatic carbocycles. The Morgan fingerprint density at radius 3 is 2.77 bits per heavy atom. The zero-order valence-electron chi connectivity index (χ0n) is 17.9. The Bertz CT molecular complexity index is 998. The summed E-state index contributed by atoms with van der Waals surface area (Å²) in [7, 11) is 2.12. The number of aromatic amines is 1. The fourth-order valence-corrected chi connectivity index (χ4v) is 5.53. The second kappa shape index (κ2) is 7.58. The van der Waals surface area contributed by atoms with Crippen molar-refractivity contribution in [1.29, 1.82) is 0 Å². The zero-order valence-corrected chi connectivity index (χ0v) is 17.9. The molecule has 2 saturated heterocycles. The van der Waals surface area contributed by atoms with Gasteiger partial charge >= 0.3 is 0 Å². The molecule has 158 valence electrons. The lowest BCUT2D eigenvalue weighted by molar-refractivity contribution is -0.145. The summed E-state index contributed by atoms with van der Waals surface area (Å²) in [5.41, 5.74) is 3.27. The molecule has 2 aromatic rings. The molecular weight excluding hydrogens is 374 g/mol. The number of para-hydroxylation sites is 1. The number of aliphatic imine (C=N–C) groups is 1. The van der Waals surface area contributed by atoms with Gasteiger partial charge < -0.3 is 14.8 Å². The van der Waals surface area contributed by atoms with Crippen LogP contribution in [0.3, 0.4) is 0 Å². The second-order valence-electron chi connectivity index (χ2n) is 9.17. The molecule has 1 spiro atoms. The van der Waals surface area contributed by atoms with Gasteiger partial charge in [0, 0.05) is 60.9 Å². The summed E-state index contributed by atoms with van der Waals surface area (Å²) in [5, 5.41) is 1.22. The summed E-state index contributed by atoms with van der Waals surface area (Å²) >= 11 is 0.